The number of hydrogen-bond donors (Lipinski definition) is 1. The zero-order valence-corrected chi connectivity index (χ0v) is 9.49. The van der Waals surface area contributed by atoms with E-state index in [-0.39, 0.29) is 6.54 Å². The highest BCUT2D eigenvalue weighted by atomic mass is 35.5. The van der Waals surface area contributed by atoms with Gasteiger partial charge in [0.2, 0.25) is 0 Å². The molecule has 84 valence electrons. The number of benzene rings is 1. The predicted molar refractivity (Wildman–Crippen MR) is 61.4 cm³/mol. The minimum Gasteiger partial charge on any atom is -0.496 e. The molecule has 1 aromatic heterocycles. The number of nitrogens with zero attached hydrogens (tertiary/aromatic N) is 1. The minimum atomic E-state index is 0.283. The van der Waals surface area contributed by atoms with Crippen LogP contribution in [0.1, 0.15) is 5.76 Å². The van der Waals surface area contributed by atoms with E-state index in [1.165, 1.54) is 6.39 Å². The Kier molecular flexibility index (Phi) is 3.12. The summed E-state index contributed by atoms with van der Waals surface area (Å²) in [5, 5.41) is 0.613. The zero-order chi connectivity index (χ0) is 11.5. The van der Waals surface area contributed by atoms with Crippen molar-refractivity contribution in [3.8, 4) is 17.0 Å². The van der Waals surface area contributed by atoms with E-state index >= 15 is 0 Å². The molecule has 0 aliphatic heterocycles. The van der Waals surface area contributed by atoms with Crippen LogP contribution in [0.25, 0.3) is 11.3 Å². The Morgan fingerprint density at radius 2 is 2.31 bits per heavy atom. The van der Waals surface area contributed by atoms with Gasteiger partial charge in [-0.3, -0.25) is 0 Å². The first-order valence-corrected chi connectivity index (χ1v) is 5.10. The molecule has 0 amide bonds. The lowest BCUT2D eigenvalue weighted by Crippen LogP contribution is -1.97. The van der Waals surface area contributed by atoms with Crippen molar-refractivity contribution in [1.29, 1.82) is 0 Å². The maximum absolute atomic E-state index is 5.94. The van der Waals surface area contributed by atoms with Crippen LogP contribution in [-0.4, -0.2) is 12.1 Å². The molecular formula is C11H11ClN2O2. The molecule has 2 N–H and O–H groups in total. The second-order valence-corrected chi connectivity index (χ2v) is 3.61. The summed E-state index contributed by atoms with van der Waals surface area (Å²) in [4.78, 5) is 4.12. The average Bonchev–Trinajstić information content (AvgIpc) is 2.76. The molecule has 0 saturated carbocycles. The Hall–Kier alpha value is -1.52. The van der Waals surface area contributed by atoms with E-state index in [1.807, 2.05) is 0 Å². The topological polar surface area (TPSA) is 61.3 Å². The van der Waals surface area contributed by atoms with Crippen molar-refractivity contribution in [3.05, 3.63) is 35.4 Å². The van der Waals surface area contributed by atoms with Crippen molar-refractivity contribution in [1.82, 2.24) is 4.98 Å². The first-order valence-electron chi connectivity index (χ1n) is 4.72. The van der Waals surface area contributed by atoms with E-state index in [1.54, 1.807) is 25.3 Å². The third-order valence-corrected chi connectivity index (χ3v) is 2.48. The summed E-state index contributed by atoms with van der Waals surface area (Å²) in [6.45, 7) is 0.283. The van der Waals surface area contributed by atoms with Crippen molar-refractivity contribution in [2.75, 3.05) is 7.11 Å². The predicted octanol–water partition coefficient (Wildman–Crippen LogP) is 2.46. The molecule has 0 saturated heterocycles. The fraction of sp³-hybridized carbons (Fsp3) is 0.182. The molecule has 16 heavy (non-hydrogen) atoms. The molecule has 0 atom stereocenters. The summed E-state index contributed by atoms with van der Waals surface area (Å²) in [5.41, 5.74) is 7.00. The molecule has 5 heteroatoms. The molecule has 0 aliphatic carbocycles. The summed E-state index contributed by atoms with van der Waals surface area (Å²) in [7, 11) is 1.59. The van der Waals surface area contributed by atoms with Crippen molar-refractivity contribution >= 4 is 11.6 Å². The molecular weight excluding hydrogens is 228 g/mol. The molecule has 0 bridgehead atoms. The Labute approximate surface area is 98.0 Å². The van der Waals surface area contributed by atoms with Gasteiger partial charge in [0.15, 0.2) is 6.39 Å². The van der Waals surface area contributed by atoms with Crippen LogP contribution in [0.2, 0.25) is 5.02 Å². The molecule has 2 rings (SSSR count). The van der Waals surface area contributed by atoms with Crippen LogP contribution in [0, 0.1) is 0 Å². The number of aromatic nitrogens is 1. The lowest BCUT2D eigenvalue weighted by Gasteiger charge is -2.07. The van der Waals surface area contributed by atoms with E-state index in [9.17, 15) is 0 Å². The van der Waals surface area contributed by atoms with Gasteiger partial charge in [0.05, 0.1) is 13.7 Å². The maximum Gasteiger partial charge on any atom is 0.181 e. The van der Waals surface area contributed by atoms with Gasteiger partial charge in [0.25, 0.3) is 0 Å². The van der Waals surface area contributed by atoms with E-state index in [0.29, 0.717) is 22.2 Å². The Balaban J connectivity index is 2.58. The molecule has 2 aromatic rings. The third kappa shape index (κ3) is 1.89. The van der Waals surface area contributed by atoms with Gasteiger partial charge in [-0.25, -0.2) is 4.98 Å². The van der Waals surface area contributed by atoms with Gasteiger partial charge in [-0.15, -0.1) is 0 Å². The molecule has 0 radical (unpaired) electrons. The lowest BCUT2D eigenvalue weighted by atomic mass is 10.1. The van der Waals surface area contributed by atoms with Crippen LogP contribution in [-0.2, 0) is 6.54 Å². The highest BCUT2D eigenvalue weighted by molar-refractivity contribution is 6.30. The number of oxazole rings is 1. The van der Waals surface area contributed by atoms with Crippen LogP contribution in [0.15, 0.2) is 29.0 Å². The molecule has 0 spiro atoms. The highest BCUT2D eigenvalue weighted by Crippen LogP contribution is 2.33. The second-order valence-electron chi connectivity index (χ2n) is 3.17. The monoisotopic (exact) mass is 238 g/mol. The Morgan fingerprint density at radius 3 is 3.00 bits per heavy atom. The van der Waals surface area contributed by atoms with Crippen molar-refractivity contribution in [3.63, 3.8) is 0 Å². The largest absolute Gasteiger partial charge is 0.496 e. The second kappa shape index (κ2) is 4.55. The summed E-state index contributed by atoms with van der Waals surface area (Å²) in [6.07, 6.45) is 1.36. The summed E-state index contributed by atoms with van der Waals surface area (Å²) in [5.74, 6) is 1.30. The van der Waals surface area contributed by atoms with Crippen LogP contribution in [0.5, 0.6) is 5.75 Å². The number of nitrogens with two attached hydrogens (primary N) is 1. The fourth-order valence-corrected chi connectivity index (χ4v) is 1.67. The van der Waals surface area contributed by atoms with Crippen LogP contribution in [0.4, 0.5) is 0 Å². The number of hydrogen-bond acceptors (Lipinski definition) is 4. The number of rotatable bonds is 3. The van der Waals surface area contributed by atoms with Crippen LogP contribution < -0.4 is 10.5 Å². The van der Waals surface area contributed by atoms with Crippen molar-refractivity contribution < 1.29 is 9.15 Å². The fourth-order valence-electron chi connectivity index (χ4n) is 1.50. The summed E-state index contributed by atoms with van der Waals surface area (Å²) < 4.78 is 10.4. The van der Waals surface area contributed by atoms with Crippen molar-refractivity contribution in [2.24, 2.45) is 5.73 Å². The normalized spacial score (nSPS) is 10.4. The molecule has 0 aliphatic rings. The van der Waals surface area contributed by atoms with Gasteiger partial charge in [-0.1, -0.05) is 11.6 Å². The number of methoxy groups -OCH3 is 1. The Bertz CT molecular complexity index is 496. The highest BCUT2D eigenvalue weighted by Gasteiger charge is 2.14. The standard InChI is InChI=1S/C11H11ClN2O2/c1-15-9-3-2-7(12)4-8(9)11-10(5-13)16-6-14-11/h2-4,6H,5,13H2,1H3. The molecule has 1 heterocycles. The van der Waals surface area contributed by atoms with Gasteiger partial charge in [-0.2, -0.15) is 0 Å². The van der Waals surface area contributed by atoms with Gasteiger partial charge in [-0.05, 0) is 18.2 Å². The average molecular weight is 239 g/mol. The van der Waals surface area contributed by atoms with Gasteiger partial charge < -0.3 is 14.9 Å². The van der Waals surface area contributed by atoms with Crippen molar-refractivity contribution in [2.45, 2.75) is 6.54 Å². The summed E-state index contributed by atoms with van der Waals surface area (Å²) in [6, 6.07) is 5.32. The molecule has 0 unspecified atom stereocenters. The van der Waals surface area contributed by atoms with Gasteiger partial charge >= 0.3 is 0 Å². The van der Waals surface area contributed by atoms with Crippen LogP contribution >= 0.6 is 11.6 Å². The number of ether oxygens (including phenoxy) is 1. The quantitative estimate of drug-likeness (QED) is 0.892. The number of halogens is 1. The molecule has 4 nitrogen and oxygen atoms in total. The van der Waals surface area contributed by atoms with E-state index in [4.69, 9.17) is 26.5 Å². The smallest absolute Gasteiger partial charge is 0.181 e. The zero-order valence-electron chi connectivity index (χ0n) is 8.74. The molecule has 0 fully saturated rings. The maximum atomic E-state index is 5.94. The van der Waals surface area contributed by atoms with Crippen LogP contribution in [0.3, 0.4) is 0 Å². The summed E-state index contributed by atoms with van der Waals surface area (Å²) >= 11 is 5.94. The van der Waals surface area contributed by atoms with E-state index in [2.05, 4.69) is 4.98 Å². The van der Waals surface area contributed by atoms with Gasteiger partial charge in [0.1, 0.15) is 17.2 Å². The first-order chi connectivity index (χ1) is 7.76. The SMILES string of the molecule is COc1ccc(Cl)cc1-c1ncoc1CN. The minimum absolute atomic E-state index is 0.283. The lowest BCUT2D eigenvalue weighted by molar-refractivity contribution is 0.416. The first kappa shape index (κ1) is 11.0. The molecule has 1 aromatic carbocycles. The Morgan fingerprint density at radius 1 is 1.50 bits per heavy atom. The van der Waals surface area contributed by atoms with E-state index in [0.717, 1.165) is 5.56 Å². The van der Waals surface area contributed by atoms with E-state index < -0.39 is 0 Å². The van der Waals surface area contributed by atoms with Gasteiger partial charge in [0, 0.05) is 10.6 Å². The third-order valence-electron chi connectivity index (χ3n) is 2.24.